The average molecular weight is 290 g/mol. The van der Waals surface area contributed by atoms with Gasteiger partial charge < -0.3 is 5.11 Å². The highest BCUT2D eigenvalue weighted by atomic mass is 16.3. The van der Waals surface area contributed by atoms with E-state index in [2.05, 4.69) is 20.8 Å². The van der Waals surface area contributed by atoms with Gasteiger partial charge in [-0.05, 0) is 74.2 Å². The Kier molecular flexibility index (Phi) is 3.80. The second-order valence-electron chi connectivity index (χ2n) is 8.45. The molecule has 1 N–H and O–H groups in total. The summed E-state index contributed by atoms with van der Waals surface area (Å²) in [6.07, 6.45) is 9.89. The number of allylic oxidation sites excluding steroid dienone is 2. The summed E-state index contributed by atoms with van der Waals surface area (Å²) < 4.78 is 0. The zero-order chi connectivity index (χ0) is 15.3. The van der Waals surface area contributed by atoms with Crippen LogP contribution in [0, 0.1) is 28.6 Å². The Morgan fingerprint density at radius 3 is 2.71 bits per heavy atom. The van der Waals surface area contributed by atoms with E-state index < -0.39 is 0 Å². The van der Waals surface area contributed by atoms with Gasteiger partial charge in [0.25, 0.3) is 0 Å². The van der Waals surface area contributed by atoms with Crippen LogP contribution in [0.15, 0.2) is 11.6 Å². The topological polar surface area (TPSA) is 37.3 Å². The van der Waals surface area contributed by atoms with Crippen LogP contribution < -0.4 is 0 Å². The van der Waals surface area contributed by atoms with Crippen molar-refractivity contribution in [1.29, 1.82) is 0 Å². The number of aliphatic hydroxyl groups excluding tert-OH is 1. The Morgan fingerprint density at radius 1 is 1.24 bits per heavy atom. The first-order chi connectivity index (χ1) is 9.90. The van der Waals surface area contributed by atoms with Gasteiger partial charge in [0.1, 0.15) is 0 Å². The predicted molar refractivity (Wildman–Crippen MR) is 84.9 cm³/mol. The molecule has 21 heavy (non-hydrogen) atoms. The number of carbonyl (C=O) groups excluding carboxylic acids is 1. The second kappa shape index (κ2) is 5.22. The molecule has 2 heteroatoms. The number of aliphatic hydroxyl groups is 1. The molecule has 5 atom stereocenters. The van der Waals surface area contributed by atoms with Crippen LogP contribution in [0.4, 0.5) is 0 Å². The van der Waals surface area contributed by atoms with Crippen LogP contribution in [0.3, 0.4) is 0 Å². The van der Waals surface area contributed by atoms with Crippen molar-refractivity contribution in [1.82, 2.24) is 0 Å². The third-order valence-electron chi connectivity index (χ3n) is 7.16. The van der Waals surface area contributed by atoms with E-state index in [0.29, 0.717) is 24.2 Å². The fourth-order valence-corrected chi connectivity index (χ4v) is 6.01. The molecule has 0 bridgehead atoms. The Balaban J connectivity index is 1.96. The molecule has 3 aliphatic rings. The Morgan fingerprint density at radius 2 is 2.00 bits per heavy atom. The normalized spacial score (nSPS) is 47.1. The van der Waals surface area contributed by atoms with Gasteiger partial charge >= 0.3 is 0 Å². The Bertz CT molecular complexity index is 466. The van der Waals surface area contributed by atoms with Crippen molar-refractivity contribution in [2.75, 3.05) is 6.61 Å². The quantitative estimate of drug-likeness (QED) is 0.788. The van der Waals surface area contributed by atoms with Gasteiger partial charge in [-0.15, -0.1) is 0 Å². The largest absolute Gasteiger partial charge is 0.396 e. The minimum absolute atomic E-state index is 0.0653. The van der Waals surface area contributed by atoms with Crippen molar-refractivity contribution in [2.45, 2.75) is 65.7 Å². The van der Waals surface area contributed by atoms with Gasteiger partial charge in [0.15, 0.2) is 5.78 Å². The molecule has 2 nitrogen and oxygen atoms in total. The molecule has 5 unspecified atom stereocenters. The fourth-order valence-electron chi connectivity index (χ4n) is 6.01. The first-order valence-electron chi connectivity index (χ1n) is 8.72. The lowest BCUT2D eigenvalue weighted by molar-refractivity contribution is -0.141. The van der Waals surface area contributed by atoms with Crippen molar-refractivity contribution in [3.8, 4) is 0 Å². The van der Waals surface area contributed by atoms with Crippen LogP contribution in [-0.2, 0) is 4.79 Å². The van der Waals surface area contributed by atoms with Crippen LogP contribution in [0.2, 0.25) is 0 Å². The molecule has 0 aromatic heterocycles. The summed E-state index contributed by atoms with van der Waals surface area (Å²) in [6.45, 7) is 7.11. The molecule has 0 spiro atoms. The number of hydrogen-bond donors (Lipinski definition) is 1. The lowest BCUT2D eigenvalue weighted by atomic mass is 9.45. The summed E-state index contributed by atoms with van der Waals surface area (Å²) in [5.41, 5.74) is 1.57. The lowest BCUT2D eigenvalue weighted by Gasteiger charge is -2.59. The van der Waals surface area contributed by atoms with Gasteiger partial charge in [0.05, 0.1) is 0 Å². The van der Waals surface area contributed by atoms with E-state index in [4.69, 9.17) is 0 Å². The van der Waals surface area contributed by atoms with E-state index >= 15 is 0 Å². The number of carbonyl (C=O) groups is 1. The molecule has 3 aliphatic carbocycles. The molecule has 0 aliphatic heterocycles. The standard InChI is InChI=1S/C19H30O2/c1-13-5-7-15-14(16(21)11-13)6-8-17-18(2,12-20)9-4-10-19(15,17)3/h11,14-15,17,20H,4-10,12H2,1-3H3. The molecule has 0 aromatic rings. The maximum Gasteiger partial charge on any atom is 0.158 e. The zero-order valence-corrected chi connectivity index (χ0v) is 13.8. The lowest BCUT2D eigenvalue weighted by Crippen LogP contribution is -2.54. The van der Waals surface area contributed by atoms with Crippen molar-refractivity contribution >= 4 is 5.78 Å². The van der Waals surface area contributed by atoms with Crippen molar-refractivity contribution in [2.24, 2.45) is 28.6 Å². The van der Waals surface area contributed by atoms with Crippen LogP contribution >= 0.6 is 0 Å². The van der Waals surface area contributed by atoms with E-state index in [9.17, 15) is 9.90 Å². The third kappa shape index (κ3) is 2.30. The van der Waals surface area contributed by atoms with Crippen molar-refractivity contribution < 1.29 is 9.90 Å². The molecular weight excluding hydrogens is 260 g/mol. The van der Waals surface area contributed by atoms with Gasteiger partial charge in [-0.2, -0.15) is 0 Å². The molecular formula is C19H30O2. The van der Waals surface area contributed by atoms with E-state index in [-0.39, 0.29) is 16.7 Å². The first-order valence-corrected chi connectivity index (χ1v) is 8.72. The molecule has 0 amide bonds. The van der Waals surface area contributed by atoms with Crippen LogP contribution in [0.5, 0.6) is 0 Å². The monoisotopic (exact) mass is 290 g/mol. The summed E-state index contributed by atoms with van der Waals surface area (Å²) in [7, 11) is 0. The number of hydrogen-bond acceptors (Lipinski definition) is 2. The summed E-state index contributed by atoms with van der Waals surface area (Å²) in [5, 5.41) is 9.97. The zero-order valence-electron chi connectivity index (χ0n) is 13.8. The minimum atomic E-state index is 0.0653. The van der Waals surface area contributed by atoms with E-state index in [0.717, 1.165) is 32.1 Å². The van der Waals surface area contributed by atoms with Crippen molar-refractivity contribution in [3.05, 3.63) is 11.6 Å². The third-order valence-corrected chi connectivity index (χ3v) is 7.16. The maximum absolute atomic E-state index is 12.6. The van der Waals surface area contributed by atoms with Gasteiger partial charge in [0.2, 0.25) is 0 Å². The summed E-state index contributed by atoms with van der Waals surface area (Å²) in [6, 6.07) is 0. The summed E-state index contributed by atoms with van der Waals surface area (Å²) >= 11 is 0. The molecule has 0 radical (unpaired) electrons. The van der Waals surface area contributed by atoms with Crippen LogP contribution in [0.1, 0.15) is 65.7 Å². The molecule has 0 saturated heterocycles. The van der Waals surface area contributed by atoms with E-state index in [1.54, 1.807) is 0 Å². The maximum atomic E-state index is 12.6. The van der Waals surface area contributed by atoms with Crippen LogP contribution in [-0.4, -0.2) is 17.5 Å². The summed E-state index contributed by atoms with van der Waals surface area (Å²) in [4.78, 5) is 12.6. The summed E-state index contributed by atoms with van der Waals surface area (Å²) in [5.74, 6) is 1.72. The van der Waals surface area contributed by atoms with E-state index in [1.165, 1.54) is 18.4 Å². The molecule has 2 fully saturated rings. The highest BCUT2D eigenvalue weighted by Crippen LogP contribution is 2.62. The minimum Gasteiger partial charge on any atom is -0.396 e. The SMILES string of the molecule is CC1=CC(=O)C2CCC3C(C)(CO)CCCC3(C)C2CC1. The molecule has 2 saturated carbocycles. The first kappa shape index (κ1) is 15.3. The number of ketones is 1. The van der Waals surface area contributed by atoms with Gasteiger partial charge in [-0.1, -0.05) is 25.8 Å². The highest BCUT2D eigenvalue weighted by molar-refractivity contribution is 5.93. The van der Waals surface area contributed by atoms with Crippen LogP contribution in [0.25, 0.3) is 0 Å². The Labute approximate surface area is 129 Å². The Hall–Kier alpha value is -0.630. The van der Waals surface area contributed by atoms with Crippen molar-refractivity contribution in [3.63, 3.8) is 0 Å². The van der Waals surface area contributed by atoms with Gasteiger partial charge in [-0.3, -0.25) is 4.79 Å². The molecule has 118 valence electrons. The fraction of sp³-hybridized carbons (Fsp3) is 0.842. The molecule has 0 heterocycles. The predicted octanol–water partition coefficient (Wildman–Crippen LogP) is 4.13. The number of rotatable bonds is 1. The second-order valence-corrected chi connectivity index (χ2v) is 8.45. The van der Waals surface area contributed by atoms with Gasteiger partial charge in [0, 0.05) is 12.5 Å². The van der Waals surface area contributed by atoms with Gasteiger partial charge in [-0.25, -0.2) is 0 Å². The smallest absolute Gasteiger partial charge is 0.158 e. The molecule has 3 rings (SSSR count). The average Bonchev–Trinajstić information content (AvgIpc) is 2.58. The number of fused-ring (bicyclic) bond motifs is 3. The van der Waals surface area contributed by atoms with E-state index in [1.807, 2.05) is 6.08 Å². The highest BCUT2D eigenvalue weighted by Gasteiger charge is 2.56. The molecule has 0 aromatic carbocycles.